The van der Waals surface area contributed by atoms with Crippen molar-refractivity contribution in [3.05, 3.63) is 0 Å². The predicted molar refractivity (Wildman–Crippen MR) is 53.6 cm³/mol. The molecule has 0 aliphatic carbocycles. The van der Waals surface area contributed by atoms with E-state index in [4.69, 9.17) is 4.74 Å². The van der Waals surface area contributed by atoms with Crippen molar-refractivity contribution in [3.63, 3.8) is 0 Å². The van der Waals surface area contributed by atoms with Crippen molar-refractivity contribution in [2.75, 3.05) is 13.2 Å². The number of nitrogens with one attached hydrogen (secondary N) is 1. The molecule has 1 amide bonds. The van der Waals surface area contributed by atoms with Crippen molar-refractivity contribution in [1.29, 1.82) is 0 Å². The number of carbonyl (C=O) groups excluding carboxylic acids is 1. The van der Waals surface area contributed by atoms with Crippen LogP contribution in [0.4, 0.5) is 0 Å². The van der Waals surface area contributed by atoms with Gasteiger partial charge in [-0.1, -0.05) is 20.8 Å². The van der Waals surface area contributed by atoms with Crippen LogP contribution in [0.1, 0.15) is 34.1 Å². The Labute approximate surface area is 80.8 Å². The van der Waals surface area contributed by atoms with E-state index in [1.165, 1.54) is 0 Å². The number of rotatable bonds is 6. The van der Waals surface area contributed by atoms with E-state index >= 15 is 0 Å². The second kappa shape index (κ2) is 6.89. The molecule has 3 nitrogen and oxygen atoms in total. The first-order valence-corrected chi connectivity index (χ1v) is 5.02. The van der Waals surface area contributed by atoms with Gasteiger partial charge in [0.1, 0.15) is 6.10 Å². The quantitative estimate of drug-likeness (QED) is 0.685. The van der Waals surface area contributed by atoms with E-state index in [1.54, 1.807) is 0 Å². The minimum atomic E-state index is -0.292. The standard InChI is InChI=1S/C10H21NO2/c1-5-7-13-9(8(3)4)10(12)11-6-2/h8-9H,5-7H2,1-4H3,(H,11,12). The Morgan fingerprint density at radius 3 is 2.38 bits per heavy atom. The summed E-state index contributed by atoms with van der Waals surface area (Å²) in [6, 6.07) is 0. The highest BCUT2D eigenvalue weighted by Crippen LogP contribution is 2.07. The number of amides is 1. The average Bonchev–Trinajstić information content (AvgIpc) is 2.05. The van der Waals surface area contributed by atoms with Gasteiger partial charge in [-0.25, -0.2) is 0 Å². The molecule has 0 radical (unpaired) electrons. The Balaban J connectivity index is 3.99. The number of carbonyl (C=O) groups is 1. The molecule has 13 heavy (non-hydrogen) atoms. The monoisotopic (exact) mass is 187 g/mol. The van der Waals surface area contributed by atoms with Crippen molar-refractivity contribution in [2.24, 2.45) is 5.92 Å². The van der Waals surface area contributed by atoms with Gasteiger partial charge in [0.2, 0.25) is 5.91 Å². The molecule has 0 aliphatic rings. The Morgan fingerprint density at radius 1 is 1.38 bits per heavy atom. The first kappa shape index (κ1) is 12.4. The summed E-state index contributed by atoms with van der Waals surface area (Å²) in [6.07, 6.45) is 0.655. The highest BCUT2D eigenvalue weighted by molar-refractivity contribution is 5.80. The van der Waals surface area contributed by atoms with Gasteiger partial charge in [-0.15, -0.1) is 0 Å². The summed E-state index contributed by atoms with van der Waals surface area (Å²) in [5.41, 5.74) is 0. The molecule has 3 heteroatoms. The SMILES string of the molecule is CCCOC(C(=O)NCC)C(C)C. The molecule has 78 valence electrons. The summed E-state index contributed by atoms with van der Waals surface area (Å²) in [5, 5.41) is 2.77. The molecule has 0 aliphatic heterocycles. The van der Waals surface area contributed by atoms with Gasteiger partial charge < -0.3 is 10.1 Å². The lowest BCUT2D eigenvalue weighted by Gasteiger charge is -2.19. The van der Waals surface area contributed by atoms with Crippen LogP contribution in [-0.4, -0.2) is 25.2 Å². The molecule has 0 fully saturated rings. The van der Waals surface area contributed by atoms with Gasteiger partial charge >= 0.3 is 0 Å². The second-order valence-electron chi connectivity index (χ2n) is 3.43. The third-order valence-electron chi connectivity index (χ3n) is 1.72. The van der Waals surface area contributed by atoms with Crippen molar-refractivity contribution >= 4 is 5.91 Å². The first-order chi connectivity index (χ1) is 6.13. The third-order valence-corrected chi connectivity index (χ3v) is 1.72. The van der Waals surface area contributed by atoms with Gasteiger partial charge in [-0.2, -0.15) is 0 Å². The Bertz CT molecular complexity index is 146. The van der Waals surface area contributed by atoms with Crippen LogP contribution in [0, 0.1) is 5.92 Å². The minimum Gasteiger partial charge on any atom is -0.368 e. The van der Waals surface area contributed by atoms with E-state index in [2.05, 4.69) is 5.32 Å². The number of ether oxygens (including phenoxy) is 1. The zero-order valence-electron chi connectivity index (χ0n) is 9.09. The van der Waals surface area contributed by atoms with Crippen LogP contribution < -0.4 is 5.32 Å². The maximum Gasteiger partial charge on any atom is 0.249 e. The van der Waals surface area contributed by atoms with Gasteiger partial charge in [0, 0.05) is 13.2 Å². The predicted octanol–water partition coefficient (Wildman–Crippen LogP) is 1.57. The van der Waals surface area contributed by atoms with Crippen molar-refractivity contribution in [2.45, 2.75) is 40.2 Å². The minimum absolute atomic E-state index is 0.00551. The Kier molecular flexibility index (Phi) is 6.59. The zero-order chi connectivity index (χ0) is 10.3. The Morgan fingerprint density at radius 2 is 2.00 bits per heavy atom. The lowest BCUT2D eigenvalue weighted by atomic mass is 10.1. The number of hydrogen-bond acceptors (Lipinski definition) is 2. The molecule has 0 heterocycles. The summed E-state index contributed by atoms with van der Waals surface area (Å²) in [4.78, 5) is 11.5. The van der Waals surface area contributed by atoms with Crippen molar-refractivity contribution in [3.8, 4) is 0 Å². The molecule has 0 spiro atoms. The van der Waals surface area contributed by atoms with Crippen LogP contribution >= 0.6 is 0 Å². The van der Waals surface area contributed by atoms with Crippen LogP contribution in [0.5, 0.6) is 0 Å². The van der Waals surface area contributed by atoms with Crippen LogP contribution in [0.25, 0.3) is 0 Å². The van der Waals surface area contributed by atoms with Gasteiger partial charge in [0.05, 0.1) is 0 Å². The van der Waals surface area contributed by atoms with E-state index in [9.17, 15) is 4.79 Å². The molecule has 0 bridgehead atoms. The van der Waals surface area contributed by atoms with Gasteiger partial charge in [0.25, 0.3) is 0 Å². The highest BCUT2D eigenvalue weighted by Gasteiger charge is 2.21. The summed E-state index contributed by atoms with van der Waals surface area (Å²) in [6.45, 7) is 9.26. The molecule has 0 aromatic rings. The fourth-order valence-electron chi connectivity index (χ4n) is 1.09. The van der Waals surface area contributed by atoms with E-state index < -0.39 is 0 Å². The molecule has 1 N–H and O–H groups in total. The topological polar surface area (TPSA) is 38.3 Å². The zero-order valence-corrected chi connectivity index (χ0v) is 9.09. The van der Waals surface area contributed by atoms with Gasteiger partial charge in [-0.3, -0.25) is 4.79 Å². The summed E-state index contributed by atoms with van der Waals surface area (Å²) >= 11 is 0. The fraction of sp³-hybridized carbons (Fsp3) is 0.900. The summed E-state index contributed by atoms with van der Waals surface area (Å²) in [7, 11) is 0. The smallest absolute Gasteiger partial charge is 0.249 e. The average molecular weight is 187 g/mol. The molecule has 0 saturated heterocycles. The van der Waals surface area contributed by atoms with E-state index in [1.807, 2.05) is 27.7 Å². The normalized spacial score (nSPS) is 13.0. The molecular formula is C10H21NO2. The van der Waals surface area contributed by atoms with Crippen molar-refractivity contribution in [1.82, 2.24) is 5.32 Å². The fourth-order valence-corrected chi connectivity index (χ4v) is 1.09. The summed E-state index contributed by atoms with van der Waals surface area (Å²) < 4.78 is 5.46. The largest absolute Gasteiger partial charge is 0.368 e. The molecule has 0 aromatic heterocycles. The molecule has 1 atom stereocenters. The maximum atomic E-state index is 11.5. The van der Waals surface area contributed by atoms with Crippen molar-refractivity contribution < 1.29 is 9.53 Å². The molecule has 0 rings (SSSR count). The maximum absolute atomic E-state index is 11.5. The second-order valence-corrected chi connectivity index (χ2v) is 3.43. The van der Waals surface area contributed by atoms with E-state index in [0.717, 1.165) is 6.42 Å². The first-order valence-electron chi connectivity index (χ1n) is 5.02. The van der Waals surface area contributed by atoms with Crippen LogP contribution in [0.2, 0.25) is 0 Å². The summed E-state index contributed by atoms with van der Waals surface area (Å²) in [5.74, 6) is 0.240. The molecular weight excluding hydrogens is 166 g/mol. The molecule has 1 unspecified atom stereocenters. The van der Waals surface area contributed by atoms with Gasteiger partial charge in [-0.05, 0) is 19.3 Å². The van der Waals surface area contributed by atoms with E-state index in [-0.39, 0.29) is 17.9 Å². The van der Waals surface area contributed by atoms with Crippen LogP contribution in [0.3, 0.4) is 0 Å². The van der Waals surface area contributed by atoms with Crippen LogP contribution in [-0.2, 0) is 9.53 Å². The number of hydrogen-bond donors (Lipinski definition) is 1. The van der Waals surface area contributed by atoms with Gasteiger partial charge in [0.15, 0.2) is 0 Å². The van der Waals surface area contributed by atoms with Crippen LogP contribution in [0.15, 0.2) is 0 Å². The lowest BCUT2D eigenvalue weighted by Crippen LogP contribution is -2.39. The lowest BCUT2D eigenvalue weighted by molar-refractivity contribution is -0.135. The highest BCUT2D eigenvalue weighted by atomic mass is 16.5. The molecule has 0 aromatic carbocycles. The van der Waals surface area contributed by atoms with E-state index in [0.29, 0.717) is 13.2 Å². The Hall–Kier alpha value is -0.570. The number of likely N-dealkylation sites (N-methyl/N-ethyl adjacent to an activating group) is 1. The molecule has 0 saturated carbocycles. The third kappa shape index (κ3) is 4.88.